The summed E-state index contributed by atoms with van der Waals surface area (Å²) in [6, 6.07) is 4.11. The number of nitrogens with zero attached hydrogens (tertiary/aromatic N) is 3. The quantitative estimate of drug-likeness (QED) is 0.0233. The summed E-state index contributed by atoms with van der Waals surface area (Å²) in [6.45, 7) is 11.9. The Bertz CT molecular complexity index is 2480. The molecule has 0 bridgehead atoms. The Morgan fingerprint density at radius 1 is 0.932 bits per heavy atom. The van der Waals surface area contributed by atoms with Gasteiger partial charge in [0.1, 0.15) is 0 Å². The van der Waals surface area contributed by atoms with Crippen LogP contribution < -0.4 is 9.64 Å². The molecule has 2 N–H and O–H groups in total. The van der Waals surface area contributed by atoms with Crippen LogP contribution in [-0.2, 0) is 40.1 Å². The van der Waals surface area contributed by atoms with Crippen molar-refractivity contribution < 1.29 is 67.1 Å². The summed E-state index contributed by atoms with van der Waals surface area (Å²) in [6.07, 6.45) is 11.5. The molecule has 4 rings (SSSR count). The van der Waals surface area contributed by atoms with Crippen LogP contribution in [-0.4, -0.2) is 74.5 Å². The molecule has 2 heterocycles. The highest BCUT2D eigenvalue weighted by Crippen LogP contribution is 2.48. The zero-order chi connectivity index (χ0) is 44.4. The first-order valence-corrected chi connectivity index (χ1v) is 20.5. The number of allylic oxidation sites excluding steroid dienone is 8. The lowest BCUT2D eigenvalue weighted by atomic mass is 9.80. The third kappa shape index (κ3) is 10.1. The number of carbonyl (C=O) groups is 2. The number of likely N-dealkylation sites (N-methyl/N-ethyl adjacent to an activating group) is 1. The highest BCUT2D eigenvalue weighted by atomic mass is 32.2. The number of esters is 1. The van der Waals surface area contributed by atoms with E-state index in [1.165, 1.54) is 37.3 Å². The highest BCUT2D eigenvalue weighted by Gasteiger charge is 2.41. The second-order valence-corrected chi connectivity index (χ2v) is 17.2. The van der Waals surface area contributed by atoms with Crippen LogP contribution in [0.2, 0.25) is 0 Å². The molecule has 2 aliphatic heterocycles. The zero-order valence-electron chi connectivity index (χ0n) is 32.5. The standard InChI is InChI=1S/C39H40F5N3O10S2/c1-8-23(37(49)46(7)56-21-30(48)57-36-34(43)32(41)31(40)33(42)35(36)44)19-25-22(2)45-28(38(25,3)4)13-10-9-11-14-29-39(5,6)26-20-24(59(53,54)55)15-16-27(26)47(29)17-12-18-58(50,51)52/h8-11,13-16,19-20H,2,12,17-18,21H2,1,3-7H3,(H,50,51,52)(H,53,54,55)/b11-9+,13-10+,23-8+,25-19+,29-14+. The van der Waals surface area contributed by atoms with Crippen LogP contribution in [0, 0.1) is 34.5 Å². The molecule has 2 aromatic carbocycles. The fraction of sp³-hybridized carbons (Fsp3) is 0.308. The zero-order valence-corrected chi connectivity index (χ0v) is 34.2. The highest BCUT2D eigenvalue weighted by molar-refractivity contribution is 7.86. The summed E-state index contributed by atoms with van der Waals surface area (Å²) in [7, 11) is -7.65. The van der Waals surface area contributed by atoms with Gasteiger partial charge in [0, 0.05) is 41.4 Å². The summed E-state index contributed by atoms with van der Waals surface area (Å²) in [5, 5.41) is 0.602. The molecule has 0 aromatic heterocycles. The SMILES string of the molecule is C=C1N=C(/C=C/C=C/C=C2/N(CCCS(=O)(=O)O)c3ccc(S(=O)(=O)O)cc3C2(C)C)C(C)(C)/C1=C/C(=C\C)C(=O)N(C)OCC(=O)Oc1c(F)c(F)c(F)c(F)c1F. The van der Waals surface area contributed by atoms with Gasteiger partial charge in [-0.25, -0.2) is 23.0 Å². The molecule has 1 amide bonds. The molecule has 2 aliphatic rings. The largest absolute Gasteiger partial charge is 0.418 e. The second kappa shape index (κ2) is 17.5. The maximum Gasteiger partial charge on any atom is 0.340 e. The van der Waals surface area contributed by atoms with E-state index in [4.69, 9.17) is 4.84 Å². The molecular formula is C39H40F5N3O10S2. The Morgan fingerprint density at radius 3 is 2.12 bits per heavy atom. The van der Waals surface area contributed by atoms with Gasteiger partial charge in [0.25, 0.3) is 26.1 Å². The Morgan fingerprint density at radius 2 is 1.54 bits per heavy atom. The third-order valence-corrected chi connectivity index (χ3v) is 11.1. The number of carbonyl (C=O) groups excluding carboxylic acids is 2. The molecule has 0 saturated carbocycles. The summed E-state index contributed by atoms with van der Waals surface area (Å²) in [5.41, 5.74) is 1.66. The first-order valence-electron chi connectivity index (χ1n) is 17.4. The Hall–Kier alpha value is -5.28. The average Bonchev–Trinajstić information content (AvgIpc) is 3.49. The molecule has 318 valence electrons. The van der Waals surface area contributed by atoms with Crippen molar-refractivity contribution in [3.8, 4) is 5.75 Å². The number of halogens is 5. The van der Waals surface area contributed by atoms with Crippen molar-refractivity contribution in [2.24, 2.45) is 10.4 Å². The first-order chi connectivity index (χ1) is 27.2. The van der Waals surface area contributed by atoms with E-state index in [0.29, 0.717) is 39.0 Å². The number of amides is 1. The number of ether oxygens (including phenoxy) is 1. The van der Waals surface area contributed by atoms with E-state index in [0.717, 1.165) is 7.05 Å². The fourth-order valence-electron chi connectivity index (χ4n) is 6.30. The van der Waals surface area contributed by atoms with Crippen LogP contribution in [0.3, 0.4) is 0 Å². The van der Waals surface area contributed by atoms with Crippen LogP contribution in [0.1, 0.15) is 46.6 Å². The van der Waals surface area contributed by atoms with Crippen LogP contribution >= 0.6 is 0 Å². The summed E-state index contributed by atoms with van der Waals surface area (Å²) in [5.74, 6) is -16.5. The molecule has 0 fully saturated rings. The molecule has 0 radical (unpaired) electrons. The normalized spacial score (nSPS) is 18.1. The molecule has 0 aliphatic carbocycles. The maximum atomic E-state index is 13.9. The number of hydrogen-bond acceptors (Lipinski definition) is 10. The Kier molecular flexibility index (Phi) is 13.8. The van der Waals surface area contributed by atoms with Crippen molar-refractivity contribution in [3.63, 3.8) is 0 Å². The molecule has 20 heteroatoms. The number of hydrogen-bond donors (Lipinski definition) is 2. The van der Waals surface area contributed by atoms with E-state index in [1.807, 2.05) is 32.6 Å². The number of hydroxylamine groups is 2. The monoisotopic (exact) mass is 869 g/mol. The van der Waals surface area contributed by atoms with Crippen LogP contribution in [0.5, 0.6) is 5.75 Å². The fourth-order valence-corrected chi connectivity index (χ4v) is 7.30. The summed E-state index contributed by atoms with van der Waals surface area (Å²) in [4.78, 5) is 36.5. The molecule has 59 heavy (non-hydrogen) atoms. The van der Waals surface area contributed by atoms with Crippen LogP contribution in [0.25, 0.3) is 0 Å². The van der Waals surface area contributed by atoms with Gasteiger partial charge in [0.2, 0.25) is 34.8 Å². The summed E-state index contributed by atoms with van der Waals surface area (Å²) < 4.78 is 138. The van der Waals surface area contributed by atoms with Gasteiger partial charge in [-0.15, -0.1) is 0 Å². The van der Waals surface area contributed by atoms with E-state index in [1.54, 1.807) is 30.4 Å². The molecule has 2 aromatic rings. The second-order valence-electron chi connectivity index (χ2n) is 14.2. The molecule has 0 spiro atoms. The van der Waals surface area contributed by atoms with Gasteiger partial charge < -0.3 is 9.64 Å². The van der Waals surface area contributed by atoms with Crippen molar-refractivity contribution in [2.75, 3.05) is 30.9 Å². The van der Waals surface area contributed by atoms with E-state index < -0.39 is 90.1 Å². The van der Waals surface area contributed by atoms with Crippen molar-refractivity contribution in [2.45, 2.75) is 51.3 Å². The average molecular weight is 870 g/mol. The minimum absolute atomic E-state index is 0.0434. The number of fused-ring (bicyclic) bond motifs is 1. The van der Waals surface area contributed by atoms with Gasteiger partial charge in [0.05, 0.1) is 22.1 Å². The van der Waals surface area contributed by atoms with Gasteiger partial charge in [-0.2, -0.15) is 25.6 Å². The van der Waals surface area contributed by atoms with Crippen molar-refractivity contribution in [3.05, 3.63) is 125 Å². The van der Waals surface area contributed by atoms with E-state index in [-0.39, 0.29) is 23.4 Å². The van der Waals surface area contributed by atoms with Crippen LogP contribution in [0.15, 0.2) is 99.7 Å². The smallest absolute Gasteiger partial charge is 0.340 e. The van der Waals surface area contributed by atoms with E-state index >= 15 is 0 Å². The molecule has 0 atom stereocenters. The topological polar surface area (TPSA) is 180 Å². The van der Waals surface area contributed by atoms with Gasteiger partial charge in [-0.1, -0.05) is 58.6 Å². The van der Waals surface area contributed by atoms with Crippen LogP contribution in [0.4, 0.5) is 27.6 Å². The van der Waals surface area contributed by atoms with Gasteiger partial charge >= 0.3 is 5.97 Å². The van der Waals surface area contributed by atoms with E-state index in [9.17, 15) is 57.5 Å². The predicted molar refractivity (Wildman–Crippen MR) is 207 cm³/mol. The number of aliphatic imine (C=N–C) groups is 1. The predicted octanol–water partition coefficient (Wildman–Crippen LogP) is 6.86. The minimum Gasteiger partial charge on any atom is -0.418 e. The number of benzene rings is 2. The van der Waals surface area contributed by atoms with Crippen molar-refractivity contribution in [1.82, 2.24) is 5.06 Å². The van der Waals surface area contributed by atoms with Gasteiger partial charge in [0.15, 0.2) is 6.61 Å². The maximum absolute atomic E-state index is 13.9. The molecule has 0 unspecified atom stereocenters. The molecule has 0 saturated heterocycles. The summed E-state index contributed by atoms with van der Waals surface area (Å²) >= 11 is 0. The Balaban J connectivity index is 1.48. The lowest BCUT2D eigenvalue weighted by Crippen LogP contribution is -2.32. The van der Waals surface area contributed by atoms with E-state index in [2.05, 4.69) is 16.3 Å². The lowest BCUT2D eigenvalue weighted by molar-refractivity contribution is -0.181. The third-order valence-electron chi connectivity index (χ3n) is 9.46. The minimum atomic E-state index is -4.52. The van der Waals surface area contributed by atoms with Gasteiger partial charge in [-0.3, -0.25) is 23.7 Å². The lowest BCUT2D eigenvalue weighted by Gasteiger charge is -2.27. The van der Waals surface area contributed by atoms with Crippen molar-refractivity contribution in [1.29, 1.82) is 0 Å². The van der Waals surface area contributed by atoms with Gasteiger partial charge in [-0.05, 0) is 60.9 Å². The van der Waals surface area contributed by atoms with Crippen molar-refractivity contribution >= 4 is 43.5 Å². The Labute approximate surface area is 337 Å². The number of rotatable bonds is 14. The molecular weight excluding hydrogens is 830 g/mol. The first kappa shape index (κ1) is 46.4. The number of anilines is 1. The molecule has 13 nitrogen and oxygen atoms in total.